The summed E-state index contributed by atoms with van der Waals surface area (Å²) in [6.07, 6.45) is 0.235. The Morgan fingerprint density at radius 1 is 1.04 bits per heavy atom. The SMILES string of the molecule is Cc1nnc(C(CC(=O)Nc2ccc(C)c(C)c2)c2ccccc2)o1. The van der Waals surface area contributed by atoms with Crippen LogP contribution in [0.15, 0.2) is 52.9 Å². The van der Waals surface area contributed by atoms with Gasteiger partial charge in [-0.1, -0.05) is 36.4 Å². The molecule has 1 aromatic heterocycles. The molecule has 1 atom stereocenters. The molecule has 0 saturated heterocycles. The summed E-state index contributed by atoms with van der Waals surface area (Å²) >= 11 is 0. The van der Waals surface area contributed by atoms with Crippen LogP contribution in [0.3, 0.4) is 0 Å². The summed E-state index contributed by atoms with van der Waals surface area (Å²) in [6.45, 7) is 5.82. The predicted octanol–water partition coefficient (Wildman–Crippen LogP) is 4.16. The lowest BCUT2D eigenvalue weighted by molar-refractivity contribution is -0.116. The molecule has 25 heavy (non-hydrogen) atoms. The summed E-state index contributed by atoms with van der Waals surface area (Å²) < 4.78 is 5.58. The summed E-state index contributed by atoms with van der Waals surface area (Å²) in [5.74, 6) is 0.589. The molecule has 128 valence electrons. The van der Waals surface area contributed by atoms with Gasteiger partial charge in [-0.05, 0) is 42.7 Å². The smallest absolute Gasteiger partial charge is 0.225 e. The van der Waals surface area contributed by atoms with Gasteiger partial charge in [-0.15, -0.1) is 10.2 Å². The number of nitrogens with one attached hydrogen (secondary N) is 1. The molecule has 2 aromatic carbocycles. The van der Waals surface area contributed by atoms with Crippen LogP contribution >= 0.6 is 0 Å². The predicted molar refractivity (Wildman–Crippen MR) is 96.5 cm³/mol. The number of rotatable bonds is 5. The van der Waals surface area contributed by atoms with Crippen LogP contribution in [-0.4, -0.2) is 16.1 Å². The molecular weight excluding hydrogens is 314 g/mol. The van der Waals surface area contributed by atoms with Crippen LogP contribution in [0.4, 0.5) is 5.69 Å². The maximum atomic E-state index is 12.6. The lowest BCUT2D eigenvalue weighted by atomic mass is 9.95. The highest BCUT2D eigenvalue weighted by Crippen LogP contribution is 2.27. The molecule has 5 heteroatoms. The zero-order valence-corrected chi connectivity index (χ0v) is 14.6. The first-order valence-corrected chi connectivity index (χ1v) is 8.25. The second-order valence-electron chi connectivity index (χ2n) is 6.17. The molecule has 0 aliphatic heterocycles. The average Bonchev–Trinajstić information content (AvgIpc) is 3.03. The van der Waals surface area contributed by atoms with E-state index in [2.05, 4.69) is 15.5 Å². The summed E-state index contributed by atoms with van der Waals surface area (Å²) in [5, 5.41) is 11.0. The molecule has 1 N–H and O–H groups in total. The van der Waals surface area contributed by atoms with Gasteiger partial charge in [0.05, 0.1) is 5.92 Å². The molecule has 3 rings (SSSR count). The van der Waals surface area contributed by atoms with Gasteiger partial charge in [0.25, 0.3) is 0 Å². The Balaban J connectivity index is 1.80. The summed E-state index contributed by atoms with van der Waals surface area (Å²) in [4.78, 5) is 12.6. The number of hydrogen-bond donors (Lipinski definition) is 1. The molecular formula is C20H21N3O2. The normalized spacial score (nSPS) is 12.0. The van der Waals surface area contributed by atoms with Crippen LogP contribution in [0, 0.1) is 20.8 Å². The Kier molecular flexibility index (Phi) is 4.93. The fraction of sp³-hybridized carbons (Fsp3) is 0.250. The Morgan fingerprint density at radius 3 is 2.44 bits per heavy atom. The third-order valence-electron chi connectivity index (χ3n) is 4.22. The molecule has 0 spiro atoms. The number of benzene rings is 2. The van der Waals surface area contributed by atoms with E-state index >= 15 is 0 Å². The standard InChI is InChI=1S/C20H21N3O2/c1-13-9-10-17(11-14(13)2)21-19(24)12-18(16-7-5-4-6-8-16)20-23-22-15(3)25-20/h4-11,18H,12H2,1-3H3,(H,21,24). The maximum Gasteiger partial charge on any atom is 0.225 e. The quantitative estimate of drug-likeness (QED) is 0.760. The van der Waals surface area contributed by atoms with E-state index in [1.165, 1.54) is 5.56 Å². The van der Waals surface area contributed by atoms with Crippen molar-refractivity contribution in [3.8, 4) is 0 Å². The van der Waals surface area contributed by atoms with E-state index in [1.807, 2.05) is 62.4 Å². The minimum atomic E-state index is -0.269. The first-order chi connectivity index (χ1) is 12.0. The van der Waals surface area contributed by atoms with Crippen LogP contribution < -0.4 is 5.32 Å². The van der Waals surface area contributed by atoms with Gasteiger partial charge >= 0.3 is 0 Å². The Hall–Kier alpha value is -2.95. The average molecular weight is 335 g/mol. The van der Waals surface area contributed by atoms with Crippen molar-refractivity contribution in [2.45, 2.75) is 33.1 Å². The topological polar surface area (TPSA) is 68.0 Å². The molecule has 1 unspecified atom stereocenters. The van der Waals surface area contributed by atoms with E-state index in [0.29, 0.717) is 11.8 Å². The van der Waals surface area contributed by atoms with Gasteiger partial charge in [-0.25, -0.2) is 0 Å². The van der Waals surface area contributed by atoms with E-state index in [-0.39, 0.29) is 18.2 Å². The second kappa shape index (κ2) is 7.30. The highest BCUT2D eigenvalue weighted by Gasteiger charge is 2.23. The van der Waals surface area contributed by atoms with E-state index in [1.54, 1.807) is 6.92 Å². The molecule has 1 heterocycles. The van der Waals surface area contributed by atoms with E-state index in [9.17, 15) is 4.79 Å². The molecule has 0 aliphatic carbocycles. The minimum Gasteiger partial charge on any atom is -0.425 e. The van der Waals surface area contributed by atoms with Crippen molar-refractivity contribution in [3.63, 3.8) is 0 Å². The number of carbonyl (C=O) groups is 1. The fourth-order valence-corrected chi connectivity index (χ4v) is 2.70. The molecule has 5 nitrogen and oxygen atoms in total. The van der Waals surface area contributed by atoms with Crippen LogP contribution in [0.25, 0.3) is 0 Å². The van der Waals surface area contributed by atoms with Gasteiger partial charge in [0.1, 0.15) is 0 Å². The summed E-state index contributed by atoms with van der Waals surface area (Å²) in [6, 6.07) is 15.6. The lowest BCUT2D eigenvalue weighted by Crippen LogP contribution is -2.17. The van der Waals surface area contributed by atoms with Gasteiger partial charge in [-0.3, -0.25) is 4.79 Å². The van der Waals surface area contributed by atoms with Crippen molar-refractivity contribution >= 4 is 11.6 Å². The largest absolute Gasteiger partial charge is 0.425 e. The zero-order chi connectivity index (χ0) is 17.8. The molecule has 1 amide bonds. The highest BCUT2D eigenvalue weighted by molar-refractivity contribution is 5.91. The molecule has 3 aromatic rings. The maximum absolute atomic E-state index is 12.6. The molecule has 0 fully saturated rings. The number of aryl methyl sites for hydroxylation is 3. The Labute approximate surface area is 147 Å². The van der Waals surface area contributed by atoms with Gasteiger partial charge in [-0.2, -0.15) is 0 Å². The van der Waals surface area contributed by atoms with Crippen molar-refractivity contribution in [1.29, 1.82) is 0 Å². The number of anilines is 1. The Bertz CT molecular complexity index is 872. The van der Waals surface area contributed by atoms with Crippen molar-refractivity contribution in [2.24, 2.45) is 0 Å². The van der Waals surface area contributed by atoms with E-state index in [0.717, 1.165) is 16.8 Å². The van der Waals surface area contributed by atoms with Crippen molar-refractivity contribution in [1.82, 2.24) is 10.2 Å². The van der Waals surface area contributed by atoms with Crippen LogP contribution in [-0.2, 0) is 4.79 Å². The molecule has 0 radical (unpaired) electrons. The first-order valence-electron chi connectivity index (χ1n) is 8.25. The van der Waals surface area contributed by atoms with Crippen LogP contribution in [0.1, 0.15) is 40.8 Å². The third kappa shape index (κ3) is 4.12. The number of aromatic nitrogens is 2. The van der Waals surface area contributed by atoms with Crippen LogP contribution in [0.5, 0.6) is 0 Å². The summed E-state index contributed by atoms with van der Waals surface area (Å²) in [5.41, 5.74) is 4.11. The van der Waals surface area contributed by atoms with Gasteiger partial charge < -0.3 is 9.73 Å². The van der Waals surface area contributed by atoms with Crippen LogP contribution in [0.2, 0.25) is 0 Å². The zero-order valence-electron chi connectivity index (χ0n) is 14.6. The van der Waals surface area contributed by atoms with Gasteiger partial charge in [0.2, 0.25) is 17.7 Å². The van der Waals surface area contributed by atoms with Gasteiger partial charge in [0, 0.05) is 19.0 Å². The Morgan fingerprint density at radius 2 is 1.80 bits per heavy atom. The van der Waals surface area contributed by atoms with Crippen molar-refractivity contribution in [2.75, 3.05) is 5.32 Å². The van der Waals surface area contributed by atoms with Crippen molar-refractivity contribution in [3.05, 3.63) is 77.0 Å². The molecule has 0 saturated carbocycles. The monoisotopic (exact) mass is 335 g/mol. The van der Waals surface area contributed by atoms with E-state index < -0.39 is 0 Å². The molecule has 0 bridgehead atoms. The van der Waals surface area contributed by atoms with Gasteiger partial charge in [0.15, 0.2) is 0 Å². The number of nitrogens with zero attached hydrogens (tertiary/aromatic N) is 2. The third-order valence-corrected chi connectivity index (χ3v) is 4.22. The number of carbonyl (C=O) groups excluding carboxylic acids is 1. The molecule has 0 aliphatic rings. The first kappa shape index (κ1) is 16.9. The minimum absolute atomic E-state index is 0.0899. The summed E-state index contributed by atoms with van der Waals surface area (Å²) in [7, 11) is 0. The number of amides is 1. The second-order valence-corrected chi connectivity index (χ2v) is 6.17. The fourth-order valence-electron chi connectivity index (χ4n) is 2.70. The van der Waals surface area contributed by atoms with E-state index in [4.69, 9.17) is 4.42 Å². The van der Waals surface area contributed by atoms with Crippen molar-refractivity contribution < 1.29 is 9.21 Å². The number of hydrogen-bond acceptors (Lipinski definition) is 4. The lowest BCUT2D eigenvalue weighted by Gasteiger charge is -2.14. The highest BCUT2D eigenvalue weighted by atomic mass is 16.4.